The summed E-state index contributed by atoms with van der Waals surface area (Å²) in [5, 5.41) is 6.22. The molecule has 10 heteroatoms. The molecular formula is C29H34N4O5S. The molecule has 2 fully saturated rings. The molecule has 0 bridgehead atoms. The third-order valence-electron chi connectivity index (χ3n) is 6.83. The number of carbonyl (C=O) groups is 1. The highest BCUT2D eigenvalue weighted by atomic mass is 32.2. The number of morpholine rings is 1. The Morgan fingerprint density at radius 1 is 0.846 bits per heavy atom. The van der Waals surface area contributed by atoms with Crippen molar-refractivity contribution >= 4 is 38.7 Å². The first-order valence-corrected chi connectivity index (χ1v) is 14.7. The van der Waals surface area contributed by atoms with Crippen molar-refractivity contribution in [3.63, 3.8) is 0 Å². The number of carbonyl (C=O) groups excluding carboxylic acids is 1. The molecule has 9 nitrogen and oxygen atoms in total. The number of ether oxygens (including phenoxy) is 2. The summed E-state index contributed by atoms with van der Waals surface area (Å²) in [5.41, 5.74) is 3.18. The van der Waals surface area contributed by atoms with Crippen molar-refractivity contribution in [1.82, 2.24) is 4.31 Å². The van der Waals surface area contributed by atoms with E-state index in [-0.39, 0.29) is 17.4 Å². The van der Waals surface area contributed by atoms with E-state index < -0.39 is 10.0 Å². The van der Waals surface area contributed by atoms with E-state index in [9.17, 15) is 13.2 Å². The van der Waals surface area contributed by atoms with Gasteiger partial charge in [-0.15, -0.1) is 0 Å². The summed E-state index contributed by atoms with van der Waals surface area (Å²) in [5.74, 6) is 0.198. The molecule has 2 aliphatic rings. The van der Waals surface area contributed by atoms with Crippen LogP contribution in [-0.4, -0.2) is 64.6 Å². The first-order valence-electron chi connectivity index (χ1n) is 13.3. The number of rotatable bonds is 9. The zero-order valence-corrected chi connectivity index (χ0v) is 22.7. The van der Waals surface area contributed by atoms with Gasteiger partial charge in [0.2, 0.25) is 10.0 Å². The number of anilines is 4. The fraction of sp³-hybridized carbons (Fsp3) is 0.345. The lowest BCUT2D eigenvalue weighted by Crippen LogP contribution is -2.40. The molecule has 0 unspecified atom stereocenters. The average Bonchev–Trinajstić information content (AvgIpc) is 2.98. The summed E-state index contributed by atoms with van der Waals surface area (Å²) in [7, 11) is -3.70. The SMILES string of the molecule is O=C(COc1ccc(Nc2ccccc2)cc1)Nc1cc(S(=O)(=O)N2CCOCC2)ccc1N1CCCCC1. The Labute approximate surface area is 229 Å². The number of hydrogen-bond donors (Lipinski definition) is 2. The molecule has 5 rings (SSSR count). The number of hydrogen-bond acceptors (Lipinski definition) is 7. The minimum atomic E-state index is -3.70. The van der Waals surface area contributed by atoms with Crippen LogP contribution in [0.4, 0.5) is 22.7 Å². The molecular weight excluding hydrogens is 516 g/mol. The molecule has 0 saturated carbocycles. The summed E-state index contributed by atoms with van der Waals surface area (Å²) in [6, 6.07) is 22.2. The maximum Gasteiger partial charge on any atom is 0.262 e. The zero-order chi connectivity index (χ0) is 27.1. The first kappa shape index (κ1) is 27.0. The van der Waals surface area contributed by atoms with Gasteiger partial charge in [-0.2, -0.15) is 4.31 Å². The lowest BCUT2D eigenvalue weighted by molar-refractivity contribution is -0.118. The van der Waals surface area contributed by atoms with Crippen LogP contribution in [0.5, 0.6) is 5.75 Å². The maximum atomic E-state index is 13.3. The summed E-state index contributed by atoms with van der Waals surface area (Å²) in [4.78, 5) is 15.3. The van der Waals surface area contributed by atoms with Crippen LogP contribution in [0.1, 0.15) is 19.3 Å². The largest absolute Gasteiger partial charge is 0.484 e. The van der Waals surface area contributed by atoms with Crippen molar-refractivity contribution in [1.29, 1.82) is 0 Å². The fourth-order valence-electron chi connectivity index (χ4n) is 4.78. The molecule has 0 spiro atoms. The summed E-state index contributed by atoms with van der Waals surface area (Å²) < 4.78 is 39.0. The lowest BCUT2D eigenvalue weighted by atomic mass is 10.1. The highest BCUT2D eigenvalue weighted by molar-refractivity contribution is 7.89. The van der Waals surface area contributed by atoms with Crippen molar-refractivity contribution in [2.75, 3.05) is 61.5 Å². The van der Waals surface area contributed by atoms with Crippen molar-refractivity contribution in [2.45, 2.75) is 24.2 Å². The van der Waals surface area contributed by atoms with Crippen molar-refractivity contribution in [3.05, 3.63) is 72.8 Å². The third kappa shape index (κ3) is 6.89. The van der Waals surface area contributed by atoms with Crippen molar-refractivity contribution < 1.29 is 22.7 Å². The normalized spacial score (nSPS) is 16.5. The van der Waals surface area contributed by atoms with Crippen LogP contribution in [0.2, 0.25) is 0 Å². The van der Waals surface area contributed by atoms with Gasteiger partial charge in [0.1, 0.15) is 5.75 Å². The molecule has 3 aromatic rings. The summed E-state index contributed by atoms with van der Waals surface area (Å²) >= 11 is 0. The monoisotopic (exact) mass is 550 g/mol. The highest BCUT2D eigenvalue weighted by Crippen LogP contribution is 2.32. The molecule has 0 aliphatic carbocycles. The van der Waals surface area contributed by atoms with Gasteiger partial charge < -0.3 is 25.0 Å². The van der Waals surface area contributed by atoms with Crippen LogP contribution in [0, 0.1) is 0 Å². The zero-order valence-electron chi connectivity index (χ0n) is 21.8. The Morgan fingerprint density at radius 2 is 1.54 bits per heavy atom. The lowest BCUT2D eigenvalue weighted by Gasteiger charge is -2.31. The van der Waals surface area contributed by atoms with Gasteiger partial charge in [-0.1, -0.05) is 18.2 Å². The Bertz CT molecular complexity index is 1350. The van der Waals surface area contributed by atoms with E-state index in [2.05, 4.69) is 15.5 Å². The molecule has 2 N–H and O–H groups in total. The van der Waals surface area contributed by atoms with Crippen LogP contribution in [0.3, 0.4) is 0 Å². The minimum Gasteiger partial charge on any atom is -0.484 e. The molecule has 39 heavy (non-hydrogen) atoms. The molecule has 0 aromatic heterocycles. The van der Waals surface area contributed by atoms with Gasteiger partial charge in [0.05, 0.1) is 29.5 Å². The van der Waals surface area contributed by atoms with E-state index in [0.717, 1.165) is 49.4 Å². The molecule has 3 aromatic carbocycles. The number of para-hydroxylation sites is 1. The third-order valence-corrected chi connectivity index (χ3v) is 8.73. The van der Waals surface area contributed by atoms with Crippen molar-refractivity contribution in [3.8, 4) is 5.75 Å². The van der Waals surface area contributed by atoms with Gasteiger partial charge in [0, 0.05) is 37.6 Å². The smallest absolute Gasteiger partial charge is 0.262 e. The molecule has 2 saturated heterocycles. The number of amides is 1. The van der Waals surface area contributed by atoms with Crippen LogP contribution in [-0.2, 0) is 19.6 Å². The standard InChI is InChI=1S/C29H34N4O5S/c34-29(22-38-25-11-9-24(10-12-25)30-23-7-3-1-4-8-23)31-27-21-26(39(35,36)33-17-19-37-20-18-33)13-14-28(27)32-15-5-2-6-16-32/h1,3-4,7-14,21,30H,2,5-6,15-20,22H2,(H,31,34). The Balaban J connectivity index is 1.27. The molecule has 1 amide bonds. The van der Waals surface area contributed by atoms with Crippen LogP contribution in [0.15, 0.2) is 77.7 Å². The van der Waals surface area contributed by atoms with Gasteiger partial charge >= 0.3 is 0 Å². The van der Waals surface area contributed by atoms with Crippen LogP contribution < -0.4 is 20.3 Å². The number of nitrogens with one attached hydrogen (secondary N) is 2. The van der Waals surface area contributed by atoms with E-state index in [1.807, 2.05) is 42.5 Å². The highest BCUT2D eigenvalue weighted by Gasteiger charge is 2.28. The summed E-state index contributed by atoms with van der Waals surface area (Å²) in [6.07, 6.45) is 3.27. The van der Waals surface area contributed by atoms with Gasteiger partial charge in [-0.25, -0.2) is 8.42 Å². The number of sulfonamides is 1. The number of nitrogens with zero attached hydrogens (tertiary/aromatic N) is 2. The van der Waals surface area contributed by atoms with E-state index in [1.165, 1.54) is 4.31 Å². The van der Waals surface area contributed by atoms with E-state index in [4.69, 9.17) is 9.47 Å². The molecule has 206 valence electrons. The van der Waals surface area contributed by atoms with Gasteiger partial charge in [0.25, 0.3) is 5.91 Å². The first-order chi connectivity index (χ1) is 19.0. The predicted octanol–water partition coefficient (Wildman–Crippen LogP) is 4.46. The molecule has 2 heterocycles. The molecule has 0 atom stereocenters. The van der Waals surface area contributed by atoms with Crippen molar-refractivity contribution in [2.24, 2.45) is 0 Å². The maximum absolute atomic E-state index is 13.3. The number of piperidine rings is 1. The van der Waals surface area contributed by atoms with Crippen LogP contribution in [0.25, 0.3) is 0 Å². The molecule has 0 radical (unpaired) electrons. The predicted molar refractivity (Wildman–Crippen MR) is 152 cm³/mol. The Hall–Kier alpha value is -3.60. The second-order valence-corrected chi connectivity index (χ2v) is 11.5. The quantitative estimate of drug-likeness (QED) is 0.406. The van der Waals surface area contributed by atoms with Crippen LogP contribution >= 0.6 is 0 Å². The van der Waals surface area contributed by atoms with E-state index in [0.29, 0.717) is 37.7 Å². The van der Waals surface area contributed by atoms with E-state index in [1.54, 1.807) is 30.3 Å². The Morgan fingerprint density at radius 3 is 2.26 bits per heavy atom. The number of benzene rings is 3. The van der Waals surface area contributed by atoms with E-state index >= 15 is 0 Å². The topological polar surface area (TPSA) is 100 Å². The molecule has 2 aliphatic heterocycles. The van der Waals surface area contributed by atoms with Gasteiger partial charge in [-0.3, -0.25) is 4.79 Å². The fourth-order valence-corrected chi connectivity index (χ4v) is 6.21. The summed E-state index contributed by atoms with van der Waals surface area (Å²) in [6.45, 7) is 2.88. The minimum absolute atomic E-state index is 0.155. The average molecular weight is 551 g/mol. The second kappa shape index (κ2) is 12.5. The van der Waals surface area contributed by atoms with Gasteiger partial charge in [-0.05, 0) is 73.9 Å². The van der Waals surface area contributed by atoms with Gasteiger partial charge in [0.15, 0.2) is 6.61 Å². The second-order valence-electron chi connectivity index (χ2n) is 9.60. The Kier molecular flexibility index (Phi) is 8.65.